The number of carbonyl (C=O) groups excluding carboxylic acids is 1. The average molecular weight is 534 g/mol. The van der Waals surface area contributed by atoms with E-state index in [4.69, 9.17) is 10.5 Å². The number of hydrogen-bond acceptors (Lipinski definition) is 3. The second-order valence-electron chi connectivity index (χ2n) is 8.67. The van der Waals surface area contributed by atoms with Crippen molar-refractivity contribution in [3.05, 3.63) is 107 Å². The highest BCUT2D eigenvalue weighted by atomic mass is 79.9. The summed E-state index contributed by atoms with van der Waals surface area (Å²) < 4.78 is 22.9. The van der Waals surface area contributed by atoms with E-state index >= 15 is 0 Å². The van der Waals surface area contributed by atoms with Gasteiger partial charge in [0.25, 0.3) is 5.91 Å². The van der Waals surface area contributed by atoms with Gasteiger partial charge in [0.2, 0.25) is 0 Å². The summed E-state index contributed by atoms with van der Waals surface area (Å²) in [6.07, 6.45) is 3.57. The smallest absolute Gasteiger partial charge is 0.253 e. The van der Waals surface area contributed by atoms with Crippen LogP contribution in [0.2, 0.25) is 0 Å². The van der Waals surface area contributed by atoms with E-state index in [1.807, 2.05) is 65.5 Å². The van der Waals surface area contributed by atoms with Crippen LogP contribution < -0.4 is 5.73 Å². The van der Waals surface area contributed by atoms with Gasteiger partial charge < -0.3 is 19.9 Å². The zero-order chi connectivity index (χ0) is 24.5. The predicted molar refractivity (Wildman–Crippen MR) is 138 cm³/mol. The Morgan fingerprint density at radius 1 is 0.971 bits per heavy atom. The van der Waals surface area contributed by atoms with Gasteiger partial charge in [-0.15, -0.1) is 0 Å². The van der Waals surface area contributed by atoms with Crippen molar-refractivity contribution in [1.82, 2.24) is 9.47 Å². The molecule has 5 rings (SSSR count). The fourth-order valence-electron chi connectivity index (χ4n) is 4.38. The molecule has 5 nitrogen and oxygen atoms in total. The Morgan fingerprint density at radius 2 is 1.66 bits per heavy atom. The number of anilines is 1. The van der Waals surface area contributed by atoms with Crippen molar-refractivity contribution in [1.29, 1.82) is 0 Å². The quantitative estimate of drug-likeness (QED) is 0.304. The van der Waals surface area contributed by atoms with Crippen molar-refractivity contribution < 1.29 is 13.9 Å². The summed E-state index contributed by atoms with van der Waals surface area (Å²) in [6.45, 7) is 2.28. The Bertz CT molecular complexity index is 1330. The van der Waals surface area contributed by atoms with Crippen LogP contribution in [0.1, 0.15) is 24.3 Å². The van der Waals surface area contributed by atoms with E-state index in [9.17, 15) is 9.18 Å². The van der Waals surface area contributed by atoms with Gasteiger partial charge in [0, 0.05) is 45.9 Å². The summed E-state index contributed by atoms with van der Waals surface area (Å²) in [7, 11) is 0. The van der Waals surface area contributed by atoms with Gasteiger partial charge >= 0.3 is 0 Å². The molecule has 1 aromatic heterocycles. The van der Waals surface area contributed by atoms with Gasteiger partial charge in [-0.05, 0) is 73.0 Å². The zero-order valence-corrected chi connectivity index (χ0v) is 20.8. The number of ether oxygens (including phenoxy) is 1. The Kier molecular flexibility index (Phi) is 6.45. The number of nitrogens with two attached hydrogens (primary N) is 1. The Morgan fingerprint density at radius 3 is 2.34 bits per heavy atom. The number of nitrogens with zero attached hydrogens (tertiary/aromatic N) is 2. The number of amides is 1. The molecule has 4 aromatic rings. The molecular formula is C28H25BrFN3O2. The molecule has 178 valence electrons. The lowest BCUT2D eigenvalue weighted by Gasteiger charge is -2.24. The second kappa shape index (κ2) is 9.68. The lowest BCUT2D eigenvalue weighted by atomic mass is 10.0. The highest BCUT2D eigenvalue weighted by molar-refractivity contribution is 9.10. The van der Waals surface area contributed by atoms with Gasteiger partial charge in [0.05, 0.1) is 0 Å². The van der Waals surface area contributed by atoms with Crippen LogP contribution in [0.5, 0.6) is 0 Å². The number of benzene rings is 3. The van der Waals surface area contributed by atoms with Crippen molar-refractivity contribution >= 4 is 27.5 Å². The zero-order valence-electron chi connectivity index (χ0n) is 19.2. The number of carbonyl (C=O) groups is 1. The van der Waals surface area contributed by atoms with E-state index in [1.165, 1.54) is 12.1 Å². The van der Waals surface area contributed by atoms with E-state index in [1.54, 1.807) is 24.0 Å². The number of aromatic nitrogens is 1. The molecule has 2 heterocycles. The highest BCUT2D eigenvalue weighted by Crippen LogP contribution is 2.39. The van der Waals surface area contributed by atoms with Gasteiger partial charge in [-0.3, -0.25) is 4.79 Å². The summed E-state index contributed by atoms with van der Waals surface area (Å²) in [5, 5.41) is 0. The lowest BCUT2D eigenvalue weighted by molar-refractivity contribution is -0.130. The molecule has 0 aliphatic carbocycles. The first-order valence-corrected chi connectivity index (χ1v) is 12.2. The molecule has 3 aromatic carbocycles. The van der Waals surface area contributed by atoms with Crippen LogP contribution in [0.25, 0.3) is 16.8 Å². The van der Waals surface area contributed by atoms with E-state index < -0.39 is 12.3 Å². The van der Waals surface area contributed by atoms with E-state index in [-0.39, 0.29) is 11.7 Å². The van der Waals surface area contributed by atoms with E-state index in [0.29, 0.717) is 18.7 Å². The molecule has 2 N–H and O–H groups in total. The van der Waals surface area contributed by atoms with Crippen LogP contribution in [0.15, 0.2) is 89.7 Å². The lowest BCUT2D eigenvalue weighted by Crippen LogP contribution is -2.32. The fourth-order valence-corrected chi connectivity index (χ4v) is 4.64. The number of halogens is 2. The molecule has 1 fully saturated rings. The van der Waals surface area contributed by atoms with Crippen LogP contribution in [-0.4, -0.2) is 28.0 Å². The maximum Gasteiger partial charge on any atom is 0.253 e. The van der Waals surface area contributed by atoms with Crippen molar-refractivity contribution in [2.75, 3.05) is 12.3 Å². The molecule has 7 heteroatoms. The van der Waals surface area contributed by atoms with Crippen LogP contribution >= 0.6 is 15.9 Å². The summed E-state index contributed by atoms with van der Waals surface area (Å²) in [5.41, 5.74) is 11.2. The third-order valence-corrected chi connectivity index (χ3v) is 6.80. The normalized spacial score (nSPS) is 17.8. The van der Waals surface area contributed by atoms with Gasteiger partial charge in [-0.1, -0.05) is 40.2 Å². The molecule has 1 saturated heterocycles. The molecule has 2 atom stereocenters. The minimum absolute atomic E-state index is 0.0492. The van der Waals surface area contributed by atoms with Gasteiger partial charge in [0.15, 0.2) is 6.23 Å². The first kappa shape index (κ1) is 23.3. The van der Waals surface area contributed by atoms with Crippen molar-refractivity contribution in [2.24, 2.45) is 0 Å². The third kappa shape index (κ3) is 4.88. The summed E-state index contributed by atoms with van der Waals surface area (Å²) >= 11 is 3.48. The molecule has 0 saturated carbocycles. The van der Waals surface area contributed by atoms with Gasteiger partial charge in [-0.2, -0.15) is 0 Å². The molecular weight excluding hydrogens is 509 g/mol. The Balaban J connectivity index is 1.53. The van der Waals surface area contributed by atoms with Gasteiger partial charge in [-0.25, -0.2) is 4.39 Å². The second-order valence-corrected chi connectivity index (χ2v) is 9.59. The molecule has 1 aliphatic rings. The monoisotopic (exact) mass is 533 g/mol. The van der Waals surface area contributed by atoms with Crippen LogP contribution in [0.4, 0.5) is 10.1 Å². The third-order valence-electron chi connectivity index (χ3n) is 6.27. The van der Waals surface area contributed by atoms with Crippen LogP contribution in [-0.2, 0) is 16.0 Å². The summed E-state index contributed by atoms with van der Waals surface area (Å²) in [4.78, 5) is 14.9. The van der Waals surface area contributed by atoms with Crippen molar-refractivity contribution in [3.8, 4) is 16.8 Å². The molecule has 1 aliphatic heterocycles. The molecule has 0 unspecified atom stereocenters. The van der Waals surface area contributed by atoms with E-state index in [0.717, 1.165) is 32.4 Å². The molecule has 0 bridgehead atoms. The summed E-state index contributed by atoms with van der Waals surface area (Å²) in [6, 6.07) is 22.0. The maximum absolute atomic E-state index is 13.7. The predicted octanol–water partition coefficient (Wildman–Crippen LogP) is 6.12. The van der Waals surface area contributed by atoms with Crippen LogP contribution in [0.3, 0.4) is 0 Å². The maximum atomic E-state index is 13.7. The molecule has 1 amide bonds. The fraction of sp³-hybridized carbons (Fsp3) is 0.179. The topological polar surface area (TPSA) is 60.5 Å². The minimum Gasteiger partial charge on any atom is -0.399 e. The minimum atomic E-state index is -0.553. The SMILES string of the molecule is C[C@H]1O[C@H](c2cn(-c3ccc(Br)cc3)cc2-c2ccc(F)cc2)N(CCc2ccc(N)cc2)C1=O. The molecule has 35 heavy (non-hydrogen) atoms. The Hall–Kier alpha value is -3.42. The Labute approximate surface area is 212 Å². The molecule has 0 radical (unpaired) electrons. The number of hydrogen-bond donors (Lipinski definition) is 1. The molecule has 0 spiro atoms. The first-order chi connectivity index (χ1) is 16.9. The van der Waals surface area contributed by atoms with E-state index in [2.05, 4.69) is 15.9 Å². The first-order valence-electron chi connectivity index (χ1n) is 11.4. The standard InChI is InChI=1S/C28H25BrFN3O2/c1-18-27(34)33(15-14-19-2-10-23(31)11-3-19)28(35-18)26-17-32(24-12-6-21(29)7-13-24)16-25(26)20-4-8-22(30)9-5-20/h2-13,16-18,28H,14-15,31H2,1H3/t18-,28-/m1/s1. The van der Waals surface area contributed by atoms with Crippen molar-refractivity contribution in [2.45, 2.75) is 25.7 Å². The van der Waals surface area contributed by atoms with Crippen molar-refractivity contribution in [3.63, 3.8) is 0 Å². The number of rotatable bonds is 6. The van der Waals surface area contributed by atoms with Crippen LogP contribution in [0, 0.1) is 5.82 Å². The average Bonchev–Trinajstić information content (AvgIpc) is 3.41. The highest BCUT2D eigenvalue weighted by Gasteiger charge is 2.40. The summed E-state index contributed by atoms with van der Waals surface area (Å²) in [5.74, 6) is -0.347. The largest absolute Gasteiger partial charge is 0.399 e. The van der Waals surface area contributed by atoms with Gasteiger partial charge in [0.1, 0.15) is 11.9 Å². The number of nitrogen functional groups attached to an aromatic ring is 1.